The first-order chi connectivity index (χ1) is 8.49. The minimum absolute atomic E-state index is 0.352. The molecule has 0 aromatic heterocycles. The average Bonchev–Trinajstić information content (AvgIpc) is 2.16. The zero-order chi connectivity index (χ0) is 14.8. The molecule has 1 aromatic carbocycles. The lowest BCUT2D eigenvalue weighted by molar-refractivity contribution is 0.0636. The van der Waals surface area contributed by atoms with E-state index in [-0.39, 0.29) is 0 Å². The minimum Gasteiger partial charge on any atom is -0.444 e. The van der Waals surface area contributed by atoms with Gasteiger partial charge in [-0.2, -0.15) is 0 Å². The lowest BCUT2D eigenvalue weighted by atomic mass is 9.98. The van der Waals surface area contributed by atoms with Crippen LogP contribution >= 0.6 is 11.6 Å². The van der Waals surface area contributed by atoms with Gasteiger partial charge in [0.2, 0.25) is 0 Å². The van der Waals surface area contributed by atoms with E-state index in [1.807, 2.05) is 0 Å². The summed E-state index contributed by atoms with van der Waals surface area (Å²) in [4.78, 5) is 11.6. The molecule has 0 unspecified atom stereocenters. The average molecular weight is 286 g/mol. The van der Waals surface area contributed by atoms with Crippen LogP contribution in [0.3, 0.4) is 0 Å². The van der Waals surface area contributed by atoms with E-state index in [9.17, 15) is 9.90 Å². The summed E-state index contributed by atoms with van der Waals surface area (Å²) >= 11 is 6.07. The number of rotatable bonds is 2. The van der Waals surface area contributed by atoms with E-state index in [1.165, 1.54) is 0 Å². The van der Waals surface area contributed by atoms with Gasteiger partial charge in [-0.25, -0.2) is 4.79 Å². The van der Waals surface area contributed by atoms with Gasteiger partial charge in [0.1, 0.15) is 5.60 Å². The molecule has 0 fully saturated rings. The molecule has 0 saturated carbocycles. The number of ether oxygens (including phenoxy) is 1. The Morgan fingerprint density at radius 1 is 1.26 bits per heavy atom. The molecule has 0 saturated heterocycles. The van der Waals surface area contributed by atoms with Gasteiger partial charge in [-0.1, -0.05) is 17.7 Å². The molecule has 4 nitrogen and oxygen atoms in total. The molecule has 2 N–H and O–H groups in total. The summed E-state index contributed by atoms with van der Waals surface area (Å²) in [6.45, 7) is 8.68. The number of carbonyl (C=O) groups is 1. The molecule has 0 radical (unpaired) electrons. The predicted molar refractivity (Wildman–Crippen MR) is 76.6 cm³/mol. The smallest absolute Gasteiger partial charge is 0.412 e. The fourth-order valence-corrected chi connectivity index (χ4v) is 1.64. The van der Waals surface area contributed by atoms with Crippen molar-refractivity contribution in [3.8, 4) is 0 Å². The van der Waals surface area contributed by atoms with E-state index in [2.05, 4.69) is 5.32 Å². The highest BCUT2D eigenvalue weighted by molar-refractivity contribution is 6.33. The maximum absolute atomic E-state index is 11.6. The monoisotopic (exact) mass is 285 g/mol. The first kappa shape index (κ1) is 15.8. The zero-order valence-corrected chi connectivity index (χ0v) is 12.6. The predicted octanol–water partition coefficient (Wildman–Crippen LogP) is 3.91. The van der Waals surface area contributed by atoms with Gasteiger partial charge >= 0.3 is 6.09 Å². The number of nitrogens with one attached hydrogen (secondary N) is 1. The van der Waals surface area contributed by atoms with Crippen molar-refractivity contribution >= 4 is 23.4 Å². The minimum atomic E-state index is -0.978. The Kier molecular flexibility index (Phi) is 4.48. The second-order valence-electron chi connectivity index (χ2n) is 5.88. The third kappa shape index (κ3) is 5.09. The summed E-state index contributed by atoms with van der Waals surface area (Å²) < 4.78 is 5.14. The first-order valence-electron chi connectivity index (χ1n) is 6.01. The molecule has 1 aromatic rings. The Labute approximate surface area is 118 Å². The van der Waals surface area contributed by atoms with E-state index < -0.39 is 17.3 Å². The quantitative estimate of drug-likeness (QED) is 0.866. The molecular formula is C14H20ClNO3. The first-order valence-corrected chi connectivity index (χ1v) is 6.39. The second kappa shape index (κ2) is 5.39. The van der Waals surface area contributed by atoms with E-state index >= 15 is 0 Å². The number of hydrogen-bond acceptors (Lipinski definition) is 3. The van der Waals surface area contributed by atoms with Gasteiger partial charge in [0, 0.05) is 0 Å². The summed E-state index contributed by atoms with van der Waals surface area (Å²) in [5.74, 6) is 0. The van der Waals surface area contributed by atoms with E-state index in [4.69, 9.17) is 16.3 Å². The fourth-order valence-electron chi connectivity index (χ4n) is 1.41. The van der Waals surface area contributed by atoms with Gasteiger partial charge in [0.05, 0.1) is 16.3 Å². The van der Waals surface area contributed by atoms with Crippen LogP contribution in [-0.2, 0) is 10.3 Å². The summed E-state index contributed by atoms with van der Waals surface area (Å²) in [5.41, 5.74) is -0.423. The molecule has 0 atom stereocenters. The largest absolute Gasteiger partial charge is 0.444 e. The molecule has 0 aliphatic heterocycles. The van der Waals surface area contributed by atoms with Crippen LogP contribution in [0, 0.1) is 0 Å². The molecular weight excluding hydrogens is 266 g/mol. The summed E-state index contributed by atoms with van der Waals surface area (Å²) in [6, 6.07) is 4.96. The Balaban J connectivity index is 2.84. The molecule has 106 valence electrons. The highest BCUT2D eigenvalue weighted by Crippen LogP contribution is 2.28. The van der Waals surface area contributed by atoms with E-state index in [0.717, 1.165) is 0 Å². The summed E-state index contributed by atoms with van der Waals surface area (Å²) in [7, 11) is 0. The van der Waals surface area contributed by atoms with Gasteiger partial charge in [0.25, 0.3) is 0 Å². The van der Waals surface area contributed by atoms with Crippen molar-refractivity contribution < 1.29 is 14.6 Å². The molecule has 0 aliphatic rings. The Morgan fingerprint density at radius 2 is 1.84 bits per heavy atom. The van der Waals surface area contributed by atoms with Gasteiger partial charge < -0.3 is 9.84 Å². The highest BCUT2D eigenvalue weighted by Gasteiger charge is 2.19. The van der Waals surface area contributed by atoms with Crippen LogP contribution in [0.5, 0.6) is 0 Å². The Bertz CT molecular complexity index is 473. The number of amides is 1. The maximum Gasteiger partial charge on any atom is 0.412 e. The van der Waals surface area contributed by atoms with Crippen LogP contribution in [0.2, 0.25) is 5.02 Å². The van der Waals surface area contributed by atoms with Crippen LogP contribution in [-0.4, -0.2) is 16.8 Å². The Morgan fingerprint density at radius 3 is 2.26 bits per heavy atom. The van der Waals surface area contributed by atoms with Crippen LogP contribution in [0.4, 0.5) is 10.5 Å². The van der Waals surface area contributed by atoms with Crippen molar-refractivity contribution in [3.63, 3.8) is 0 Å². The topological polar surface area (TPSA) is 58.6 Å². The van der Waals surface area contributed by atoms with Gasteiger partial charge in [-0.15, -0.1) is 0 Å². The van der Waals surface area contributed by atoms with Crippen molar-refractivity contribution in [2.45, 2.75) is 45.8 Å². The zero-order valence-electron chi connectivity index (χ0n) is 11.9. The maximum atomic E-state index is 11.6. The molecule has 1 rings (SSSR count). The van der Waals surface area contributed by atoms with Crippen LogP contribution in [0.15, 0.2) is 18.2 Å². The number of carbonyl (C=O) groups excluding carboxylic acids is 1. The standard InChI is InChI=1S/C14H20ClNO3/c1-13(2,3)19-12(17)16-11-7-6-9(8-10(11)15)14(4,5)18/h6-8,18H,1-5H3,(H,16,17). The van der Waals surface area contributed by atoms with Crippen LogP contribution in [0.1, 0.15) is 40.2 Å². The third-order valence-electron chi connectivity index (χ3n) is 2.31. The number of halogens is 1. The number of anilines is 1. The molecule has 0 spiro atoms. The summed E-state index contributed by atoms with van der Waals surface area (Å²) in [6.07, 6.45) is -0.564. The van der Waals surface area contributed by atoms with Gasteiger partial charge in [-0.3, -0.25) is 5.32 Å². The van der Waals surface area contributed by atoms with Crippen LogP contribution < -0.4 is 5.32 Å². The molecule has 5 heteroatoms. The molecule has 0 bridgehead atoms. The Hall–Kier alpha value is -1.26. The second-order valence-corrected chi connectivity index (χ2v) is 6.29. The number of aliphatic hydroxyl groups is 1. The van der Waals surface area contributed by atoms with Crippen molar-refractivity contribution in [3.05, 3.63) is 28.8 Å². The van der Waals surface area contributed by atoms with Gasteiger partial charge in [-0.05, 0) is 52.3 Å². The molecule has 1 amide bonds. The molecule has 19 heavy (non-hydrogen) atoms. The normalized spacial score (nSPS) is 12.2. The van der Waals surface area contributed by atoms with Crippen molar-refractivity contribution in [1.29, 1.82) is 0 Å². The summed E-state index contributed by atoms with van der Waals surface area (Å²) in [5, 5.41) is 12.8. The lowest BCUT2D eigenvalue weighted by Gasteiger charge is -2.21. The number of hydrogen-bond donors (Lipinski definition) is 2. The number of benzene rings is 1. The fraction of sp³-hybridized carbons (Fsp3) is 0.500. The SMILES string of the molecule is CC(C)(C)OC(=O)Nc1ccc(C(C)(C)O)cc1Cl. The lowest BCUT2D eigenvalue weighted by Crippen LogP contribution is -2.27. The van der Waals surface area contributed by atoms with Crippen molar-refractivity contribution in [2.24, 2.45) is 0 Å². The molecule has 0 heterocycles. The third-order valence-corrected chi connectivity index (χ3v) is 2.62. The van der Waals surface area contributed by atoms with Crippen molar-refractivity contribution in [2.75, 3.05) is 5.32 Å². The van der Waals surface area contributed by atoms with E-state index in [0.29, 0.717) is 16.3 Å². The van der Waals surface area contributed by atoms with Crippen LogP contribution in [0.25, 0.3) is 0 Å². The highest BCUT2D eigenvalue weighted by atomic mass is 35.5. The molecule has 0 aliphatic carbocycles. The van der Waals surface area contributed by atoms with Gasteiger partial charge in [0.15, 0.2) is 0 Å². The van der Waals surface area contributed by atoms with E-state index in [1.54, 1.807) is 52.8 Å². The van der Waals surface area contributed by atoms with Crippen molar-refractivity contribution in [1.82, 2.24) is 0 Å².